The number of sulfone groups is 1. The highest BCUT2D eigenvalue weighted by Gasteiger charge is 2.17. The maximum atomic E-state index is 12.5. The highest BCUT2D eigenvalue weighted by atomic mass is 35.5. The first-order valence-electron chi connectivity index (χ1n) is 9.95. The number of ether oxygens (including phenoxy) is 1. The van der Waals surface area contributed by atoms with Crippen molar-refractivity contribution in [1.82, 2.24) is 0 Å². The molecule has 0 aliphatic rings. The van der Waals surface area contributed by atoms with Crippen LogP contribution >= 0.6 is 11.6 Å². The number of anilines is 2. The van der Waals surface area contributed by atoms with Gasteiger partial charge < -0.3 is 15.4 Å². The van der Waals surface area contributed by atoms with Gasteiger partial charge in [0.05, 0.1) is 27.2 Å². The van der Waals surface area contributed by atoms with Crippen molar-refractivity contribution in [2.45, 2.75) is 17.9 Å². The van der Waals surface area contributed by atoms with Crippen molar-refractivity contribution in [1.29, 1.82) is 5.26 Å². The second-order valence-corrected chi connectivity index (χ2v) is 9.76. The third-order valence-electron chi connectivity index (χ3n) is 4.67. The van der Waals surface area contributed by atoms with Gasteiger partial charge in [-0.15, -0.1) is 0 Å². The lowest BCUT2D eigenvalue weighted by molar-refractivity contribution is -0.122. The van der Waals surface area contributed by atoms with Crippen molar-refractivity contribution >= 4 is 44.6 Å². The highest BCUT2D eigenvalue weighted by molar-refractivity contribution is 7.90. The molecule has 0 radical (unpaired) electrons. The fourth-order valence-corrected chi connectivity index (χ4v) is 3.76. The molecule has 3 aromatic carbocycles. The fraction of sp³-hybridized carbons (Fsp3) is 0.125. The Balaban J connectivity index is 1.64. The zero-order valence-electron chi connectivity index (χ0n) is 18.2. The Morgan fingerprint density at radius 1 is 1.03 bits per heavy atom. The monoisotopic (exact) mass is 497 g/mol. The molecule has 34 heavy (non-hydrogen) atoms. The van der Waals surface area contributed by atoms with E-state index < -0.39 is 27.8 Å². The Labute approximate surface area is 202 Å². The summed E-state index contributed by atoms with van der Waals surface area (Å²) in [6, 6.07) is 18.6. The van der Waals surface area contributed by atoms with Crippen LogP contribution in [0.1, 0.15) is 22.8 Å². The summed E-state index contributed by atoms with van der Waals surface area (Å²) in [5.41, 5.74) is 1.32. The number of nitrogens with one attached hydrogen (secondary N) is 2. The minimum absolute atomic E-state index is 0.0293. The number of nitriles is 1. The second kappa shape index (κ2) is 10.4. The molecule has 0 aliphatic carbocycles. The van der Waals surface area contributed by atoms with Gasteiger partial charge in [-0.1, -0.05) is 17.7 Å². The van der Waals surface area contributed by atoms with E-state index in [1.165, 1.54) is 36.4 Å². The number of nitrogens with zero attached hydrogens (tertiary/aromatic N) is 1. The Kier molecular flexibility index (Phi) is 7.56. The van der Waals surface area contributed by atoms with E-state index >= 15 is 0 Å². The molecule has 2 N–H and O–H groups in total. The maximum Gasteiger partial charge on any atom is 0.265 e. The SMILES string of the molecule is CC(Oc1ccc(C#N)cc1)C(=O)Nc1ccc(NC(=O)c2cccc(S(C)(=O)=O)c2)c(Cl)c1. The van der Waals surface area contributed by atoms with Gasteiger partial charge in [0.1, 0.15) is 5.75 Å². The first kappa shape index (κ1) is 24.8. The van der Waals surface area contributed by atoms with Gasteiger partial charge in [-0.3, -0.25) is 9.59 Å². The van der Waals surface area contributed by atoms with Crippen molar-refractivity contribution in [3.05, 3.63) is 82.9 Å². The van der Waals surface area contributed by atoms with E-state index in [9.17, 15) is 18.0 Å². The normalized spacial score (nSPS) is 11.7. The van der Waals surface area contributed by atoms with E-state index in [1.807, 2.05) is 6.07 Å². The zero-order valence-corrected chi connectivity index (χ0v) is 19.8. The van der Waals surface area contributed by atoms with Gasteiger partial charge in [0.25, 0.3) is 11.8 Å². The molecule has 0 saturated carbocycles. The van der Waals surface area contributed by atoms with Crippen molar-refractivity contribution < 1.29 is 22.7 Å². The summed E-state index contributed by atoms with van der Waals surface area (Å²) in [4.78, 5) is 25.0. The summed E-state index contributed by atoms with van der Waals surface area (Å²) in [7, 11) is -3.46. The maximum absolute atomic E-state index is 12.5. The second-order valence-electron chi connectivity index (χ2n) is 7.33. The summed E-state index contributed by atoms with van der Waals surface area (Å²) in [5.74, 6) is -0.513. The summed E-state index contributed by atoms with van der Waals surface area (Å²) in [6.07, 6.45) is 0.234. The molecule has 0 spiro atoms. The van der Waals surface area contributed by atoms with Crippen molar-refractivity contribution in [2.24, 2.45) is 0 Å². The van der Waals surface area contributed by atoms with Crippen LogP contribution in [0, 0.1) is 11.3 Å². The Bertz CT molecular complexity index is 1380. The quantitative estimate of drug-likeness (QED) is 0.502. The topological polar surface area (TPSA) is 125 Å². The molecule has 1 unspecified atom stereocenters. The van der Waals surface area contributed by atoms with E-state index in [0.717, 1.165) is 6.26 Å². The van der Waals surface area contributed by atoms with Crippen LogP contribution in [0.2, 0.25) is 5.02 Å². The van der Waals surface area contributed by atoms with Gasteiger partial charge in [0, 0.05) is 17.5 Å². The molecule has 3 aromatic rings. The third kappa shape index (κ3) is 6.34. The Morgan fingerprint density at radius 3 is 2.35 bits per heavy atom. The molecule has 0 bridgehead atoms. The van der Waals surface area contributed by atoms with Crippen LogP contribution < -0.4 is 15.4 Å². The first-order valence-corrected chi connectivity index (χ1v) is 12.2. The van der Waals surface area contributed by atoms with Gasteiger partial charge in [0.15, 0.2) is 15.9 Å². The van der Waals surface area contributed by atoms with Gasteiger partial charge >= 0.3 is 0 Å². The smallest absolute Gasteiger partial charge is 0.265 e. The van der Waals surface area contributed by atoms with Gasteiger partial charge in [-0.25, -0.2) is 8.42 Å². The Hall–Kier alpha value is -3.87. The van der Waals surface area contributed by atoms with Gasteiger partial charge in [0.2, 0.25) is 0 Å². The molecule has 2 amide bonds. The molecule has 8 nitrogen and oxygen atoms in total. The minimum Gasteiger partial charge on any atom is -0.481 e. The summed E-state index contributed by atoms with van der Waals surface area (Å²) >= 11 is 6.27. The Morgan fingerprint density at radius 2 is 1.74 bits per heavy atom. The largest absolute Gasteiger partial charge is 0.481 e. The number of benzene rings is 3. The molecular weight excluding hydrogens is 478 g/mol. The molecule has 10 heteroatoms. The molecule has 1 atom stereocenters. The van der Waals surface area contributed by atoms with Crippen LogP contribution in [0.4, 0.5) is 11.4 Å². The summed E-state index contributed by atoms with van der Waals surface area (Å²) in [6.45, 7) is 1.58. The molecule has 0 aromatic heterocycles. The van der Waals surface area contributed by atoms with Crippen LogP contribution in [-0.4, -0.2) is 32.6 Å². The van der Waals surface area contributed by atoms with E-state index in [0.29, 0.717) is 17.0 Å². The molecule has 0 heterocycles. The summed E-state index contributed by atoms with van der Waals surface area (Å²) in [5, 5.41) is 14.3. The molecule has 3 rings (SSSR count). The van der Waals surface area contributed by atoms with Crippen molar-refractivity contribution in [2.75, 3.05) is 16.9 Å². The zero-order chi connectivity index (χ0) is 24.9. The lowest BCUT2D eigenvalue weighted by Gasteiger charge is -2.15. The van der Waals surface area contributed by atoms with E-state index in [-0.39, 0.29) is 21.2 Å². The number of carbonyl (C=O) groups is 2. The average Bonchev–Trinajstić information content (AvgIpc) is 2.80. The molecule has 0 fully saturated rings. The van der Waals surface area contributed by atoms with Crippen LogP contribution in [0.3, 0.4) is 0 Å². The molecular formula is C24H20ClN3O5S. The van der Waals surface area contributed by atoms with Crippen LogP contribution in [0.5, 0.6) is 5.75 Å². The van der Waals surface area contributed by atoms with Crippen LogP contribution in [0.15, 0.2) is 71.6 Å². The van der Waals surface area contributed by atoms with Crippen LogP contribution in [-0.2, 0) is 14.6 Å². The molecule has 0 aliphatic heterocycles. The predicted octanol–water partition coefficient (Wildman–Crippen LogP) is 4.27. The number of halogens is 1. The first-order chi connectivity index (χ1) is 16.1. The van der Waals surface area contributed by atoms with E-state index in [1.54, 1.807) is 37.3 Å². The number of amides is 2. The lowest BCUT2D eigenvalue weighted by Crippen LogP contribution is -2.30. The lowest BCUT2D eigenvalue weighted by atomic mass is 10.2. The van der Waals surface area contributed by atoms with Gasteiger partial charge in [-0.2, -0.15) is 5.26 Å². The highest BCUT2D eigenvalue weighted by Crippen LogP contribution is 2.26. The van der Waals surface area contributed by atoms with Crippen LogP contribution in [0.25, 0.3) is 0 Å². The van der Waals surface area contributed by atoms with Crippen molar-refractivity contribution in [3.8, 4) is 11.8 Å². The summed E-state index contributed by atoms with van der Waals surface area (Å²) < 4.78 is 29.0. The van der Waals surface area contributed by atoms with E-state index in [4.69, 9.17) is 21.6 Å². The number of hydrogen-bond donors (Lipinski definition) is 2. The predicted molar refractivity (Wildman–Crippen MR) is 129 cm³/mol. The molecule has 174 valence electrons. The molecule has 0 saturated heterocycles. The fourth-order valence-electron chi connectivity index (χ4n) is 2.87. The van der Waals surface area contributed by atoms with Gasteiger partial charge in [-0.05, 0) is 67.6 Å². The standard InChI is InChI=1S/C24H20ClN3O5S/c1-15(33-19-9-6-16(14-26)7-10-19)23(29)27-18-8-11-22(21(25)13-18)28-24(30)17-4-3-5-20(12-17)34(2,31)32/h3-13,15H,1-2H3,(H,27,29)(H,28,30). The average molecular weight is 498 g/mol. The number of hydrogen-bond acceptors (Lipinski definition) is 6. The van der Waals surface area contributed by atoms with Crippen molar-refractivity contribution in [3.63, 3.8) is 0 Å². The number of rotatable bonds is 7. The number of carbonyl (C=O) groups excluding carboxylic acids is 2. The van der Waals surface area contributed by atoms with E-state index in [2.05, 4.69) is 10.6 Å². The third-order valence-corrected chi connectivity index (χ3v) is 6.10. The minimum atomic E-state index is -3.46.